The highest BCUT2D eigenvalue weighted by Crippen LogP contribution is 2.25. The van der Waals surface area contributed by atoms with Gasteiger partial charge in [-0.1, -0.05) is 152 Å². The number of aliphatic carboxylic acids is 2. The van der Waals surface area contributed by atoms with Crippen LogP contribution in [0.25, 0.3) is 10.9 Å². The summed E-state index contributed by atoms with van der Waals surface area (Å²) in [6.07, 6.45) is 10.4. The lowest BCUT2D eigenvalue weighted by molar-refractivity contribution is -0.143. The second kappa shape index (κ2) is 61.2. The Labute approximate surface area is 801 Å². The topological polar surface area (TPSA) is 720 Å². The number of rotatable bonds is 55. The standard InChI is InChI=1S/C92H140N22O23S/c1-3-5-7-8-9-10-11-12-13-14-15-16-20-34-77(119)113-138(136,137)46-26-35-76(118)101-54-78(120)103-67(39-42-79(121)122)84(128)107-68(38-41-75(93)117)86(130)111-73(49-59-52-98-56-102-59)89(133)108-69(40-43-80(123)124)85(129)105-65(30-6-4-2)82(126)109-70-37-36-60(115)53-97-44-24-23-32-64(81(94)125)104-88(132)72(48-58-51-100-63-31-22-21-29-62(58)63)110-83(127)66(33-25-45-99-92(95)96)106-87(131)71(47-57-27-18-17-19-28-57)112-90(134)74-50-61(116)55-114(74)91(70)135/h17-19,21-22,27-29,31,51-52,56,61,64-74,97,100,116H,3-16,20,23-26,30,32-50,53-55H2,1-2H3,(H2,93,117)(H2,94,125)(H,98,102)(H,101,118)(H,103,120)(H,104,132)(H,105,129)(H,106,131)(H,107,128)(H,108,133)(H,109,126)(H,110,127)(H,111,130)(H,112,134)(H,113,119)(H,121,122)(H,123,124)(H4,95,96,99)/t61-,64+,65+,66+,67+,68+,69+,70+,71-,72+,73+,74+/m1/s1. The van der Waals surface area contributed by atoms with Gasteiger partial charge in [-0.3, -0.25) is 96.4 Å². The van der Waals surface area contributed by atoms with E-state index in [2.05, 4.69) is 91.0 Å². The van der Waals surface area contributed by atoms with Crippen LogP contribution in [-0.2, 0) is 116 Å². The number of fused-ring (bicyclic) bond motifs is 2. The van der Waals surface area contributed by atoms with Crippen molar-refractivity contribution < 1.29 is 110 Å². The van der Waals surface area contributed by atoms with Crippen LogP contribution in [0.5, 0.6) is 0 Å². The number of aromatic nitrogens is 3. The maximum Gasteiger partial charge on any atom is 0.303 e. The molecule has 4 aromatic rings. The van der Waals surface area contributed by atoms with Crippen molar-refractivity contribution in [2.45, 2.75) is 318 Å². The Morgan fingerprint density at radius 2 is 1.11 bits per heavy atom. The van der Waals surface area contributed by atoms with E-state index in [0.29, 0.717) is 41.3 Å². The average Bonchev–Trinajstić information content (AvgIpc) is 1.65. The van der Waals surface area contributed by atoms with Gasteiger partial charge >= 0.3 is 11.9 Å². The number of primary amides is 2. The second-order valence-corrected chi connectivity index (χ2v) is 36.8. The van der Waals surface area contributed by atoms with Crippen molar-refractivity contribution >= 4 is 133 Å². The van der Waals surface area contributed by atoms with E-state index >= 15 is 19.2 Å². The van der Waals surface area contributed by atoms with Crippen LogP contribution in [0.2, 0.25) is 0 Å². The Morgan fingerprint density at radius 3 is 1.72 bits per heavy atom. The van der Waals surface area contributed by atoms with Gasteiger partial charge in [0, 0.05) is 101 Å². The molecular weight excluding hydrogens is 1810 g/mol. The summed E-state index contributed by atoms with van der Waals surface area (Å²) < 4.78 is 27.5. The lowest BCUT2D eigenvalue weighted by Gasteiger charge is -2.31. The number of nitrogens with two attached hydrogens (primary N) is 3. The van der Waals surface area contributed by atoms with Crippen molar-refractivity contribution in [1.29, 1.82) is 5.41 Å². The smallest absolute Gasteiger partial charge is 0.303 e. The molecule has 0 radical (unpaired) electrons. The van der Waals surface area contributed by atoms with Gasteiger partial charge in [0.25, 0.3) is 0 Å². The highest BCUT2D eigenvalue weighted by Gasteiger charge is 2.45. The minimum atomic E-state index is -4.15. The zero-order chi connectivity index (χ0) is 101. The molecule has 2 aromatic carbocycles. The molecule has 0 aliphatic carbocycles. The summed E-state index contributed by atoms with van der Waals surface area (Å²) in [7, 11) is -4.15. The molecule has 2 aliphatic rings. The van der Waals surface area contributed by atoms with Crippen LogP contribution >= 0.6 is 0 Å². The SMILES string of the molecule is CCCCCCCCCCCCCCCC(=O)NS(=O)(=O)CCCC(=O)NCC(=O)N[C@@H](CCC(=O)O)C(=O)N[C@@H](CCC(N)=O)C(=O)N[C@@H](Cc1c[nH]cn1)C(=O)N[C@@H](CCC(=O)O)C(=O)N[C@@H](CCCC)C(=O)N[C@H]1CCC(=O)CNCCCC[C@@H](C(N)=O)NC(=O)[C@H](Cc2c[nH]c3ccccc23)NC(=O)[C@H](CCCNC(=N)N)NC(=O)[C@@H](Cc2ccccc2)NC(=O)[C@@H]2C[C@@H](O)CN2C1=O. The molecule has 2 saturated heterocycles. The number of H-pyrrole nitrogens is 2. The number of unbranched alkanes of at least 4 members (excludes halogenated alkanes) is 13. The van der Waals surface area contributed by atoms with Gasteiger partial charge in [-0.2, -0.15) is 0 Å². The van der Waals surface area contributed by atoms with E-state index in [-0.39, 0.29) is 89.5 Å². The number of sulfonamides is 1. The van der Waals surface area contributed by atoms with E-state index in [0.717, 1.165) is 37.0 Å². The zero-order valence-corrected chi connectivity index (χ0v) is 79.4. The van der Waals surface area contributed by atoms with Crippen LogP contribution in [0.3, 0.4) is 0 Å². The summed E-state index contributed by atoms with van der Waals surface area (Å²) in [5, 5.41) is 73.1. The van der Waals surface area contributed by atoms with Gasteiger partial charge in [0.05, 0.1) is 37.0 Å². The Hall–Kier alpha value is -13.0. The zero-order valence-electron chi connectivity index (χ0n) is 78.6. The highest BCUT2D eigenvalue weighted by molar-refractivity contribution is 7.90. The van der Waals surface area contributed by atoms with Crippen molar-refractivity contribution in [3.8, 4) is 0 Å². The van der Waals surface area contributed by atoms with E-state index in [1.165, 1.54) is 57.5 Å². The maximum atomic E-state index is 15.4. The summed E-state index contributed by atoms with van der Waals surface area (Å²) >= 11 is 0. The molecule has 2 aliphatic heterocycles. The summed E-state index contributed by atoms with van der Waals surface area (Å²) in [5.74, 6) is -19.6. The van der Waals surface area contributed by atoms with Crippen molar-refractivity contribution in [2.24, 2.45) is 17.2 Å². The molecule has 26 N–H and O–H groups in total. The molecule has 0 unspecified atom stereocenters. The number of carboxylic acid groups (broad SMARTS) is 2. The first-order valence-electron chi connectivity index (χ1n) is 47.6. The first-order valence-corrected chi connectivity index (χ1v) is 49.3. The normalized spacial score (nSPS) is 18.9. The van der Waals surface area contributed by atoms with Gasteiger partial charge in [0.15, 0.2) is 5.96 Å². The van der Waals surface area contributed by atoms with Crippen LogP contribution in [-0.4, -0.2) is 267 Å². The number of benzene rings is 2. The monoisotopic (exact) mass is 1950 g/mol. The Morgan fingerprint density at radius 1 is 0.558 bits per heavy atom. The van der Waals surface area contributed by atoms with Gasteiger partial charge in [0.1, 0.15) is 72.2 Å². The number of aliphatic hydroxyl groups is 1. The number of carbonyl (C=O) groups is 18. The molecule has 0 saturated carbocycles. The number of hydrogen-bond acceptors (Lipinski definition) is 24. The van der Waals surface area contributed by atoms with Gasteiger partial charge < -0.3 is 117 Å². The minimum Gasteiger partial charge on any atom is -0.481 e. The number of ketones is 1. The molecule has 45 nitrogen and oxygen atoms in total. The average molecular weight is 1950 g/mol. The number of aromatic amines is 2. The number of aliphatic hydroxyl groups excluding tert-OH is 1. The van der Waals surface area contributed by atoms with Crippen LogP contribution in [0.1, 0.15) is 243 Å². The molecule has 138 heavy (non-hydrogen) atoms. The van der Waals surface area contributed by atoms with Crippen LogP contribution in [0.15, 0.2) is 73.3 Å². The molecular formula is C92H140N22O23S. The fourth-order valence-corrected chi connectivity index (χ4v) is 17.0. The van der Waals surface area contributed by atoms with Gasteiger partial charge in [-0.25, -0.2) is 13.4 Å². The lowest BCUT2D eigenvalue weighted by Crippen LogP contribution is -2.61. The fraction of sp³-hybridized carbons (Fsp3) is 0.609. The second-order valence-electron chi connectivity index (χ2n) is 34.9. The molecule has 0 bridgehead atoms. The molecule has 4 heterocycles. The number of carboxylic acids is 2. The van der Waals surface area contributed by atoms with E-state index in [9.17, 15) is 90.9 Å². The van der Waals surface area contributed by atoms with Crippen LogP contribution in [0, 0.1) is 5.41 Å². The molecule has 2 fully saturated rings. The summed E-state index contributed by atoms with van der Waals surface area (Å²) in [4.78, 5) is 262. The first-order chi connectivity index (χ1) is 65.9. The molecule has 12 atom stereocenters. The fourth-order valence-electron chi connectivity index (χ4n) is 15.9. The Kier molecular flexibility index (Phi) is 50.5. The quantitative estimate of drug-likeness (QED) is 0.0152. The van der Waals surface area contributed by atoms with Gasteiger partial charge in [-0.15, -0.1) is 0 Å². The largest absolute Gasteiger partial charge is 0.481 e. The highest BCUT2D eigenvalue weighted by atomic mass is 32.2. The molecule has 0 spiro atoms. The summed E-state index contributed by atoms with van der Waals surface area (Å²) in [6, 6.07) is -2.66. The lowest BCUT2D eigenvalue weighted by atomic mass is 10.0. The number of Topliss-reactive ketones (excluding diaryl/α,β-unsaturated/α-hetero) is 1. The minimum absolute atomic E-state index is 0.00795. The van der Waals surface area contributed by atoms with Crippen molar-refractivity contribution in [3.63, 3.8) is 0 Å². The van der Waals surface area contributed by atoms with E-state index in [1.807, 2.05) is 4.72 Å². The number of amides is 15. The number of nitrogens with one attached hydrogen (secondary N) is 17. The van der Waals surface area contributed by atoms with E-state index < -0.39 is 284 Å². The van der Waals surface area contributed by atoms with Gasteiger partial charge in [0.2, 0.25) is 98.6 Å². The van der Waals surface area contributed by atoms with Crippen LogP contribution in [0.4, 0.5) is 0 Å². The first kappa shape index (κ1) is 114. The third kappa shape index (κ3) is 43.1. The molecule has 762 valence electrons. The van der Waals surface area contributed by atoms with E-state index in [4.69, 9.17) is 22.6 Å². The third-order valence-electron chi connectivity index (χ3n) is 23.5. The molecule has 46 heteroatoms. The summed E-state index contributed by atoms with van der Waals surface area (Å²) in [6.45, 7) is 2.40. The number of para-hydroxylation sites is 1. The maximum absolute atomic E-state index is 15.4. The number of nitrogens with zero attached hydrogens (tertiary/aromatic N) is 2. The van der Waals surface area contributed by atoms with Crippen molar-refractivity contribution in [2.75, 3.05) is 38.5 Å². The predicted molar refractivity (Wildman–Crippen MR) is 505 cm³/mol. The third-order valence-corrected chi connectivity index (χ3v) is 24.9. The van der Waals surface area contributed by atoms with E-state index in [1.54, 1.807) is 67.7 Å². The molecule has 15 amide bonds. The number of carbonyl (C=O) groups excluding carboxylic acids is 16. The van der Waals surface area contributed by atoms with Crippen molar-refractivity contribution in [3.05, 3.63) is 90.1 Å². The Bertz CT molecular complexity index is 4830. The number of guanidine groups is 1. The molecule has 2 aromatic heterocycles. The van der Waals surface area contributed by atoms with Crippen molar-refractivity contribution in [1.82, 2.24) is 93.7 Å². The Balaban J connectivity index is 1.20. The summed E-state index contributed by atoms with van der Waals surface area (Å²) in [5.41, 5.74) is 18.8. The number of hydrogen-bond donors (Lipinski definition) is 23. The number of imidazole rings is 1. The van der Waals surface area contributed by atoms with Crippen LogP contribution < -0.4 is 91.0 Å². The predicted octanol–water partition coefficient (Wildman–Crippen LogP) is -0.391. The molecule has 6 rings (SSSR count). The van der Waals surface area contributed by atoms with Gasteiger partial charge in [-0.05, 0) is 101 Å².